The Balaban J connectivity index is 2.03. The monoisotopic (exact) mass is 295 g/mol. The summed E-state index contributed by atoms with van der Waals surface area (Å²) in [4.78, 5) is 0. The Morgan fingerprint density at radius 1 is 1.37 bits per heavy atom. The molecule has 0 aliphatic carbocycles. The molecule has 0 unspecified atom stereocenters. The minimum absolute atomic E-state index is 0.422. The highest BCUT2D eigenvalue weighted by Gasteiger charge is 2.03. The summed E-state index contributed by atoms with van der Waals surface area (Å²) in [7, 11) is 1.62. The molecule has 6 nitrogen and oxygen atoms in total. The summed E-state index contributed by atoms with van der Waals surface area (Å²) < 4.78 is 7.13. The van der Waals surface area contributed by atoms with Crippen molar-refractivity contribution in [1.29, 1.82) is 0 Å². The Morgan fingerprint density at radius 2 is 2.05 bits per heavy atom. The highest BCUT2D eigenvalue weighted by atomic mass is 32.1. The zero-order valence-corrected chi connectivity index (χ0v) is 12.1. The second kappa shape index (κ2) is 5.81. The molecule has 0 aliphatic rings. The van der Waals surface area contributed by atoms with Crippen molar-refractivity contribution in [3.63, 3.8) is 0 Å². The summed E-state index contributed by atoms with van der Waals surface area (Å²) in [6.45, 7) is 1.81. The molecule has 0 saturated carbocycles. The van der Waals surface area contributed by atoms with Gasteiger partial charge >= 0.3 is 0 Å². The van der Waals surface area contributed by atoms with E-state index in [1.165, 1.54) is 0 Å². The molecule has 1 aromatic heterocycles. The average molecular weight is 295 g/mol. The summed E-state index contributed by atoms with van der Waals surface area (Å²) in [5.74, 6) is 1.49. The van der Waals surface area contributed by atoms with Crippen molar-refractivity contribution in [3.05, 3.63) is 34.9 Å². The molecule has 0 bridgehead atoms. The van der Waals surface area contributed by atoms with Crippen molar-refractivity contribution in [3.8, 4) is 5.75 Å². The van der Waals surface area contributed by atoms with Crippen LogP contribution in [-0.4, -0.2) is 27.1 Å². The summed E-state index contributed by atoms with van der Waals surface area (Å²) >= 11 is 10.3. The lowest BCUT2D eigenvalue weighted by molar-refractivity contribution is 0.415. The van der Waals surface area contributed by atoms with Crippen molar-refractivity contribution >= 4 is 35.2 Å². The van der Waals surface area contributed by atoms with E-state index in [1.54, 1.807) is 11.8 Å². The van der Waals surface area contributed by atoms with Gasteiger partial charge in [0.25, 0.3) is 0 Å². The molecular weight excluding hydrogens is 282 g/mol. The van der Waals surface area contributed by atoms with Gasteiger partial charge in [-0.2, -0.15) is 5.10 Å². The fourth-order valence-corrected chi connectivity index (χ4v) is 1.87. The number of benzene rings is 1. The summed E-state index contributed by atoms with van der Waals surface area (Å²) in [6, 6.07) is 7.43. The van der Waals surface area contributed by atoms with Crippen LogP contribution in [0.1, 0.15) is 5.82 Å². The van der Waals surface area contributed by atoms with Crippen LogP contribution in [0.5, 0.6) is 5.75 Å². The van der Waals surface area contributed by atoms with E-state index in [0.29, 0.717) is 15.7 Å². The van der Waals surface area contributed by atoms with E-state index in [2.05, 4.69) is 20.9 Å². The smallest absolute Gasteiger partial charge is 0.214 e. The molecular formula is C11H13N5OS2. The van der Waals surface area contributed by atoms with E-state index in [-0.39, 0.29) is 0 Å². The van der Waals surface area contributed by atoms with Crippen molar-refractivity contribution in [1.82, 2.24) is 14.9 Å². The molecule has 1 heterocycles. The molecule has 0 amide bonds. The lowest BCUT2D eigenvalue weighted by Gasteiger charge is -2.11. The average Bonchev–Trinajstić information content (AvgIpc) is 2.71. The Kier molecular flexibility index (Phi) is 4.13. The van der Waals surface area contributed by atoms with Crippen LogP contribution in [0.2, 0.25) is 0 Å². The number of aromatic nitrogens is 3. The second-order valence-corrected chi connectivity index (χ2v) is 4.50. The first-order valence-electron chi connectivity index (χ1n) is 5.46. The van der Waals surface area contributed by atoms with Gasteiger partial charge in [-0.05, 0) is 55.6 Å². The second-order valence-electron chi connectivity index (χ2n) is 3.71. The van der Waals surface area contributed by atoms with Gasteiger partial charge in [0.2, 0.25) is 4.77 Å². The zero-order chi connectivity index (χ0) is 13.8. The van der Waals surface area contributed by atoms with E-state index in [9.17, 15) is 0 Å². The standard InChI is InChI=1S/C11H13N5OS2/c1-7-13-14-11(19)16(7)15-10(18)12-8-3-5-9(17-2)6-4-8/h3-6H,1-2H3,(H,14,19)(H2,12,15,18). The third kappa shape index (κ3) is 3.30. The van der Waals surface area contributed by atoms with Crippen LogP contribution in [-0.2, 0) is 0 Å². The van der Waals surface area contributed by atoms with E-state index in [4.69, 9.17) is 29.2 Å². The van der Waals surface area contributed by atoms with Gasteiger partial charge in [-0.3, -0.25) is 10.5 Å². The number of nitrogens with zero attached hydrogens (tertiary/aromatic N) is 2. The number of aryl methyl sites for hydroxylation is 1. The minimum atomic E-state index is 0.422. The Bertz CT molecular complexity index is 631. The van der Waals surface area contributed by atoms with Crippen molar-refractivity contribution < 1.29 is 4.74 Å². The van der Waals surface area contributed by atoms with Gasteiger partial charge in [0.15, 0.2) is 5.11 Å². The van der Waals surface area contributed by atoms with Gasteiger partial charge in [0, 0.05) is 5.69 Å². The number of H-pyrrole nitrogens is 1. The van der Waals surface area contributed by atoms with E-state index >= 15 is 0 Å². The highest BCUT2D eigenvalue weighted by Crippen LogP contribution is 2.14. The SMILES string of the molecule is COc1ccc(NC(=S)Nn2c(C)n[nH]c2=S)cc1. The minimum Gasteiger partial charge on any atom is -0.497 e. The first-order valence-corrected chi connectivity index (χ1v) is 6.28. The predicted octanol–water partition coefficient (Wildman–Crippen LogP) is 2.20. The number of hydrogen-bond donors (Lipinski definition) is 3. The van der Waals surface area contributed by atoms with E-state index in [1.807, 2.05) is 31.2 Å². The molecule has 0 fully saturated rings. The van der Waals surface area contributed by atoms with Crippen molar-refractivity contribution in [2.24, 2.45) is 0 Å². The summed E-state index contributed by atoms with van der Waals surface area (Å²) in [5.41, 5.74) is 3.80. The molecule has 0 spiro atoms. The lowest BCUT2D eigenvalue weighted by atomic mass is 10.3. The zero-order valence-electron chi connectivity index (χ0n) is 10.4. The highest BCUT2D eigenvalue weighted by molar-refractivity contribution is 7.80. The number of anilines is 1. The molecule has 8 heteroatoms. The molecule has 2 aromatic rings. The molecule has 100 valence electrons. The molecule has 2 rings (SSSR count). The Labute approximate surface area is 120 Å². The molecule has 0 saturated heterocycles. The number of aromatic amines is 1. The maximum Gasteiger partial charge on any atom is 0.214 e. The molecule has 3 N–H and O–H groups in total. The van der Waals surface area contributed by atoms with Crippen LogP contribution in [0, 0.1) is 11.7 Å². The first kappa shape index (κ1) is 13.5. The van der Waals surface area contributed by atoms with Gasteiger partial charge in [0.1, 0.15) is 11.6 Å². The normalized spacial score (nSPS) is 10.0. The number of hydrogen-bond acceptors (Lipinski definition) is 4. The maximum absolute atomic E-state index is 5.20. The molecule has 1 aromatic carbocycles. The van der Waals surface area contributed by atoms with Gasteiger partial charge < -0.3 is 10.1 Å². The predicted molar refractivity (Wildman–Crippen MR) is 80.7 cm³/mol. The molecule has 19 heavy (non-hydrogen) atoms. The van der Waals surface area contributed by atoms with Crippen LogP contribution in [0.15, 0.2) is 24.3 Å². The van der Waals surface area contributed by atoms with E-state index < -0.39 is 0 Å². The van der Waals surface area contributed by atoms with Crippen LogP contribution in [0.25, 0.3) is 0 Å². The number of methoxy groups -OCH3 is 1. The van der Waals surface area contributed by atoms with Crippen LogP contribution in [0.4, 0.5) is 5.69 Å². The topological polar surface area (TPSA) is 66.9 Å². The van der Waals surface area contributed by atoms with Crippen molar-refractivity contribution in [2.75, 3.05) is 17.9 Å². The fourth-order valence-electron chi connectivity index (χ4n) is 1.44. The van der Waals surface area contributed by atoms with Crippen LogP contribution >= 0.6 is 24.4 Å². The third-order valence-electron chi connectivity index (χ3n) is 2.40. The van der Waals surface area contributed by atoms with Gasteiger partial charge in [-0.25, -0.2) is 4.68 Å². The molecule has 0 radical (unpaired) electrons. The quantitative estimate of drug-likeness (QED) is 0.754. The largest absolute Gasteiger partial charge is 0.497 e. The summed E-state index contributed by atoms with van der Waals surface area (Å²) in [5, 5.41) is 10.1. The number of thiocarbonyl (C=S) groups is 1. The van der Waals surface area contributed by atoms with Gasteiger partial charge in [0.05, 0.1) is 7.11 Å². The molecule has 0 aliphatic heterocycles. The van der Waals surface area contributed by atoms with E-state index in [0.717, 1.165) is 11.4 Å². The van der Waals surface area contributed by atoms with Crippen LogP contribution in [0.3, 0.4) is 0 Å². The fraction of sp³-hybridized carbons (Fsp3) is 0.182. The van der Waals surface area contributed by atoms with Crippen LogP contribution < -0.4 is 15.5 Å². The number of nitrogens with one attached hydrogen (secondary N) is 3. The number of rotatable bonds is 3. The van der Waals surface area contributed by atoms with Crippen molar-refractivity contribution in [2.45, 2.75) is 6.92 Å². The lowest BCUT2D eigenvalue weighted by Crippen LogP contribution is -2.28. The number of ether oxygens (including phenoxy) is 1. The Hall–Kier alpha value is -1.93. The van der Waals surface area contributed by atoms with Gasteiger partial charge in [-0.1, -0.05) is 0 Å². The Morgan fingerprint density at radius 3 is 2.58 bits per heavy atom. The third-order valence-corrected chi connectivity index (χ3v) is 2.87. The summed E-state index contributed by atoms with van der Waals surface area (Å²) in [6.07, 6.45) is 0. The molecule has 0 atom stereocenters. The first-order chi connectivity index (χ1) is 9.10. The maximum atomic E-state index is 5.20. The van der Waals surface area contributed by atoms with Gasteiger partial charge in [-0.15, -0.1) is 0 Å².